The number of para-hydroxylation sites is 1. The van der Waals surface area contributed by atoms with Gasteiger partial charge in [0.1, 0.15) is 0 Å². The molecule has 0 unspecified atom stereocenters. The molecule has 0 atom stereocenters. The molecule has 0 aliphatic heterocycles. The third-order valence-electron chi connectivity index (χ3n) is 2.71. The van der Waals surface area contributed by atoms with Gasteiger partial charge in [0, 0.05) is 5.71 Å². The van der Waals surface area contributed by atoms with Gasteiger partial charge in [-0.2, -0.15) is 5.10 Å². The van der Waals surface area contributed by atoms with Gasteiger partial charge in [-0.05, 0) is 37.8 Å². The Morgan fingerprint density at radius 2 is 2.06 bits per heavy atom. The number of amides is 1. The van der Waals surface area contributed by atoms with Gasteiger partial charge in [0.2, 0.25) is 0 Å². The molecule has 2 rings (SSSR count). The van der Waals surface area contributed by atoms with Gasteiger partial charge in [-0.25, -0.2) is 9.82 Å². The molecule has 96 valence electrons. The van der Waals surface area contributed by atoms with Crippen LogP contribution in [0.3, 0.4) is 0 Å². The molecular formula is C13H15FN2O2. The van der Waals surface area contributed by atoms with E-state index >= 15 is 0 Å². The fourth-order valence-electron chi connectivity index (χ4n) is 1.77. The maximum absolute atomic E-state index is 13.2. The summed E-state index contributed by atoms with van der Waals surface area (Å²) < 4.78 is 18.2. The maximum atomic E-state index is 13.2. The van der Waals surface area contributed by atoms with Gasteiger partial charge < -0.3 is 4.74 Å². The Hall–Kier alpha value is -1.91. The first-order valence-corrected chi connectivity index (χ1v) is 5.97. The van der Waals surface area contributed by atoms with E-state index in [1.54, 1.807) is 12.1 Å². The first-order valence-electron chi connectivity index (χ1n) is 5.97. The van der Waals surface area contributed by atoms with Crippen molar-refractivity contribution >= 4 is 11.6 Å². The van der Waals surface area contributed by atoms with Gasteiger partial charge in [-0.1, -0.05) is 12.1 Å². The minimum atomic E-state index is -0.479. The third kappa shape index (κ3) is 3.55. The van der Waals surface area contributed by atoms with Crippen molar-refractivity contribution in [3.05, 3.63) is 30.1 Å². The normalized spacial score (nSPS) is 14.4. The van der Waals surface area contributed by atoms with Crippen LogP contribution in [-0.4, -0.2) is 18.2 Å². The van der Waals surface area contributed by atoms with Crippen molar-refractivity contribution in [3.63, 3.8) is 0 Å². The van der Waals surface area contributed by atoms with Gasteiger partial charge in [0.15, 0.2) is 18.2 Å². The van der Waals surface area contributed by atoms with Crippen LogP contribution in [0.25, 0.3) is 0 Å². The van der Waals surface area contributed by atoms with Crippen LogP contribution >= 0.6 is 0 Å². The predicted octanol–water partition coefficient (Wildman–Crippen LogP) is 2.25. The summed E-state index contributed by atoms with van der Waals surface area (Å²) in [7, 11) is 0. The maximum Gasteiger partial charge on any atom is 0.277 e. The number of nitrogens with zero attached hydrogens (tertiary/aromatic N) is 1. The lowest BCUT2D eigenvalue weighted by Crippen LogP contribution is -2.25. The summed E-state index contributed by atoms with van der Waals surface area (Å²) in [6, 6.07) is 5.97. The molecular weight excluding hydrogens is 235 g/mol. The summed E-state index contributed by atoms with van der Waals surface area (Å²) in [6.45, 7) is -0.238. The van der Waals surface area contributed by atoms with Gasteiger partial charge in [-0.3, -0.25) is 4.79 Å². The Morgan fingerprint density at radius 3 is 2.78 bits per heavy atom. The van der Waals surface area contributed by atoms with Gasteiger partial charge in [0.05, 0.1) is 0 Å². The average molecular weight is 250 g/mol. The van der Waals surface area contributed by atoms with Crippen LogP contribution in [0, 0.1) is 5.82 Å². The summed E-state index contributed by atoms with van der Waals surface area (Å²) >= 11 is 0. The van der Waals surface area contributed by atoms with E-state index in [0.29, 0.717) is 0 Å². The van der Waals surface area contributed by atoms with E-state index in [1.165, 1.54) is 12.1 Å². The average Bonchev–Trinajstić information content (AvgIpc) is 2.88. The molecule has 0 radical (unpaired) electrons. The zero-order valence-corrected chi connectivity index (χ0v) is 9.99. The van der Waals surface area contributed by atoms with Gasteiger partial charge in [-0.15, -0.1) is 0 Å². The highest BCUT2D eigenvalue weighted by molar-refractivity contribution is 5.87. The zero-order valence-electron chi connectivity index (χ0n) is 9.99. The van der Waals surface area contributed by atoms with Crippen LogP contribution < -0.4 is 10.2 Å². The lowest BCUT2D eigenvalue weighted by Gasteiger charge is -2.05. The predicted molar refractivity (Wildman–Crippen MR) is 65.9 cm³/mol. The number of hydrogen-bond acceptors (Lipinski definition) is 3. The van der Waals surface area contributed by atoms with E-state index in [0.717, 1.165) is 31.4 Å². The van der Waals surface area contributed by atoms with Crippen molar-refractivity contribution in [1.82, 2.24) is 5.43 Å². The Bertz CT molecular complexity index is 452. The summed E-state index contributed by atoms with van der Waals surface area (Å²) in [5, 5.41) is 4.00. The second-order valence-electron chi connectivity index (χ2n) is 4.14. The highest BCUT2D eigenvalue weighted by Gasteiger charge is 2.09. The van der Waals surface area contributed by atoms with E-state index < -0.39 is 5.82 Å². The topological polar surface area (TPSA) is 50.7 Å². The van der Waals surface area contributed by atoms with Gasteiger partial charge in [0.25, 0.3) is 5.91 Å². The molecule has 1 saturated carbocycles. The molecule has 1 aliphatic rings. The molecule has 4 nitrogen and oxygen atoms in total. The van der Waals surface area contributed by atoms with Crippen LogP contribution in [0.1, 0.15) is 25.7 Å². The molecule has 18 heavy (non-hydrogen) atoms. The third-order valence-corrected chi connectivity index (χ3v) is 2.71. The zero-order chi connectivity index (χ0) is 12.8. The standard InChI is InChI=1S/C13H15FN2O2/c14-11-7-3-4-8-12(11)18-9-13(17)16-15-10-5-1-2-6-10/h3-4,7-8H,1-2,5-6,9H2,(H,16,17). The van der Waals surface area contributed by atoms with Crippen molar-refractivity contribution in [1.29, 1.82) is 0 Å². The minimum absolute atomic E-state index is 0.0705. The molecule has 5 heteroatoms. The molecule has 1 aromatic carbocycles. The molecule has 0 bridgehead atoms. The Morgan fingerprint density at radius 1 is 1.33 bits per heavy atom. The summed E-state index contributed by atoms with van der Waals surface area (Å²) in [5.74, 6) is -0.786. The lowest BCUT2D eigenvalue weighted by molar-refractivity contribution is -0.123. The van der Waals surface area contributed by atoms with Crippen LogP contribution in [-0.2, 0) is 4.79 Å². The smallest absolute Gasteiger partial charge is 0.277 e. The minimum Gasteiger partial charge on any atom is -0.481 e. The van der Waals surface area contributed by atoms with Crippen LogP contribution in [0.2, 0.25) is 0 Å². The van der Waals surface area contributed by atoms with Crippen LogP contribution in [0.4, 0.5) is 4.39 Å². The molecule has 1 aromatic rings. The van der Waals surface area contributed by atoms with Crippen molar-refractivity contribution in [2.75, 3.05) is 6.61 Å². The van der Waals surface area contributed by atoms with Crippen LogP contribution in [0.5, 0.6) is 5.75 Å². The number of halogens is 1. The number of benzene rings is 1. The first-order chi connectivity index (χ1) is 8.75. The quantitative estimate of drug-likeness (QED) is 0.833. The highest BCUT2D eigenvalue weighted by Crippen LogP contribution is 2.15. The van der Waals surface area contributed by atoms with Crippen molar-refractivity contribution in [2.24, 2.45) is 5.10 Å². The van der Waals surface area contributed by atoms with E-state index in [4.69, 9.17) is 4.74 Å². The number of rotatable bonds is 4. The Labute approximate surface area is 105 Å². The number of carbonyl (C=O) groups excluding carboxylic acids is 1. The molecule has 0 aromatic heterocycles. The molecule has 0 spiro atoms. The van der Waals surface area contributed by atoms with E-state index in [2.05, 4.69) is 10.5 Å². The van der Waals surface area contributed by atoms with E-state index in [1.807, 2.05) is 0 Å². The Kier molecular flexibility index (Phi) is 4.28. The number of nitrogens with one attached hydrogen (secondary N) is 1. The summed E-state index contributed by atoms with van der Waals surface area (Å²) in [6.07, 6.45) is 4.13. The van der Waals surface area contributed by atoms with Crippen LogP contribution in [0.15, 0.2) is 29.4 Å². The van der Waals surface area contributed by atoms with Crippen molar-refractivity contribution in [3.8, 4) is 5.75 Å². The Balaban J connectivity index is 1.78. The monoisotopic (exact) mass is 250 g/mol. The largest absolute Gasteiger partial charge is 0.481 e. The van der Waals surface area contributed by atoms with Crippen molar-refractivity contribution < 1.29 is 13.9 Å². The second-order valence-corrected chi connectivity index (χ2v) is 4.14. The van der Waals surface area contributed by atoms with E-state index in [9.17, 15) is 9.18 Å². The number of ether oxygens (including phenoxy) is 1. The van der Waals surface area contributed by atoms with Crippen molar-refractivity contribution in [2.45, 2.75) is 25.7 Å². The molecule has 0 heterocycles. The molecule has 1 aliphatic carbocycles. The highest BCUT2D eigenvalue weighted by atomic mass is 19.1. The van der Waals surface area contributed by atoms with Gasteiger partial charge >= 0.3 is 0 Å². The summed E-state index contributed by atoms with van der Waals surface area (Å²) in [5.41, 5.74) is 3.42. The molecule has 1 amide bonds. The lowest BCUT2D eigenvalue weighted by atomic mass is 10.3. The number of hydrazone groups is 1. The fraction of sp³-hybridized carbons (Fsp3) is 0.385. The molecule has 1 N–H and O–H groups in total. The number of carbonyl (C=O) groups is 1. The summed E-state index contributed by atoms with van der Waals surface area (Å²) in [4.78, 5) is 11.4. The SMILES string of the molecule is O=C(COc1ccccc1F)NN=C1CCCC1. The van der Waals surface area contributed by atoms with E-state index in [-0.39, 0.29) is 18.3 Å². The number of hydrogen-bond donors (Lipinski definition) is 1. The molecule has 0 saturated heterocycles. The first kappa shape index (κ1) is 12.5. The fourth-order valence-corrected chi connectivity index (χ4v) is 1.77. The molecule has 1 fully saturated rings. The second kappa shape index (κ2) is 6.14.